The first-order chi connectivity index (χ1) is 10.2. The third-order valence-electron chi connectivity index (χ3n) is 3.96. The van der Waals surface area contributed by atoms with Crippen LogP contribution in [-0.2, 0) is 6.54 Å². The zero-order chi connectivity index (χ0) is 16.8. The number of rotatable bonds is 7. The average Bonchev–Trinajstić information content (AvgIpc) is 2.44. The Kier molecular flexibility index (Phi) is 6.84. The molecule has 124 valence electrons. The van der Waals surface area contributed by atoms with Gasteiger partial charge in [0.25, 0.3) is 0 Å². The Morgan fingerprint density at radius 2 is 2.09 bits per heavy atom. The average molecular weight is 307 g/mol. The van der Waals surface area contributed by atoms with Crippen LogP contribution in [0.15, 0.2) is 24.3 Å². The summed E-state index contributed by atoms with van der Waals surface area (Å²) in [5.74, 6) is 0.121. The monoisotopic (exact) mass is 307 g/mol. The molecule has 0 radical (unpaired) electrons. The number of nitrogens with zero attached hydrogens (tertiary/aromatic N) is 1. The van der Waals surface area contributed by atoms with Crippen LogP contribution >= 0.6 is 0 Å². The molecule has 0 aliphatic carbocycles. The molecule has 0 saturated carbocycles. The van der Waals surface area contributed by atoms with Crippen LogP contribution in [0, 0.1) is 5.92 Å². The van der Waals surface area contributed by atoms with Gasteiger partial charge < -0.3 is 20.6 Å². The van der Waals surface area contributed by atoms with Crippen LogP contribution in [0.5, 0.6) is 0 Å². The SMILES string of the molecule is CCC(C)C(C)(O)CNC(=O)Nc1cccc(CN(C)C)c1. The van der Waals surface area contributed by atoms with E-state index in [9.17, 15) is 9.90 Å². The lowest BCUT2D eigenvalue weighted by Crippen LogP contribution is -2.46. The van der Waals surface area contributed by atoms with Crippen molar-refractivity contribution in [3.05, 3.63) is 29.8 Å². The van der Waals surface area contributed by atoms with Crippen molar-refractivity contribution in [1.29, 1.82) is 0 Å². The molecule has 0 aliphatic heterocycles. The second-order valence-corrected chi connectivity index (χ2v) is 6.41. The summed E-state index contributed by atoms with van der Waals surface area (Å²) in [5, 5.41) is 15.8. The summed E-state index contributed by atoms with van der Waals surface area (Å²) in [4.78, 5) is 14.0. The fraction of sp³-hybridized carbons (Fsp3) is 0.588. The molecule has 0 bridgehead atoms. The van der Waals surface area contributed by atoms with Gasteiger partial charge in [-0.3, -0.25) is 0 Å². The molecule has 0 saturated heterocycles. The van der Waals surface area contributed by atoms with E-state index in [0.717, 1.165) is 24.2 Å². The van der Waals surface area contributed by atoms with E-state index >= 15 is 0 Å². The highest BCUT2D eigenvalue weighted by atomic mass is 16.3. The van der Waals surface area contributed by atoms with Gasteiger partial charge in [-0.15, -0.1) is 0 Å². The Balaban J connectivity index is 2.55. The van der Waals surface area contributed by atoms with Gasteiger partial charge in [0.2, 0.25) is 0 Å². The Hall–Kier alpha value is -1.59. The van der Waals surface area contributed by atoms with Gasteiger partial charge in [-0.25, -0.2) is 4.79 Å². The quantitative estimate of drug-likeness (QED) is 0.725. The van der Waals surface area contributed by atoms with Crippen molar-refractivity contribution >= 4 is 11.7 Å². The molecular weight excluding hydrogens is 278 g/mol. The predicted molar refractivity (Wildman–Crippen MR) is 90.9 cm³/mol. The first-order valence-electron chi connectivity index (χ1n) is 7.75. The number of carbonyl (C=O) groups excluding carboxylic acids is 1. The zero-order valence-electron chi connectivity index (χ0n) is 14.3. The molecule has 2 amide bonds. The van der Waals surface area contributed by atoms with E-state index in [1.54, 1.807) is 6.92 Å². The van der Waals surface area contributed by atoms with Crippen LogP contribution in [0.4, 0.5) is 10.5 Å². The second-order valence-electron chi connectivity index (χ2n) is 6.41. The number of amides is 2. The maximum Gasteiger partial charge on any atom is 0.319 e. The number of carbonyl (C=O) groups is 1. The summed E-state index contributed by atoms with van der Waals surface area (Å²) in [6.45, 7) is 6.80. The van der Waals surface area contributed by atoms with Crippen molar-refractivity contribution in [3.63, 3.8) is 0 Å². The molecule has 0 heterocycles. The van der Waals surface area contributed by atoms with Gasteiger partial charge in [0.05, 0.1) is 5.60 Å². The lowest BCUT2D eigenvalue weighted by atomic mass is 9.89. The molecule has 0 aromatic heterocycles. The summed E-state index contributed by atoms with van der Waals surface area (Å²) in [5.41, 5.74) is 0.980. The molecule has 1 aromatic carbocycles. The summed E-state index contributed by atoms with van der Waals surface area (Å²) >= 11 is 0. The van der Waals surface area contributed by atoms with Crippen molar-refractivity contribution in [2.24, 2.45) is 5.92 Å². The highest BCUT2D eigenvalue weighted by Crippen LogP contribution is 2.19. The van der Waals surface area contributed by atoms with Crippen molar-refractivity contribution in [2.75, 3.05) is 26.0 Å². The molecule has 5 nitrogen and oxygen atoms in total. The van der Waals surface area contributed by atoms with Crippen LogP contribution in [0.3, 0.4) is 0 Å². The van der Waals surface area contributed by atoms with Crippen LogP contribution in [0.25, 0.3) is 0 Å². The smallest absolute Gasteiger partial charge is 0.319 e. The van der Waals surface area contributed by atoms with E-state index < -0.39 is 5.60 Å². The molecule has 0 fully saturated rings. The predicted octanol–water partition coefficient (Wildman–Crippen LogP) is 2.67. The minimum absolute atomic E-state index is 0.121. The van der Waals surface area contributed by atoms with Crippen LogP contribution in [-0.4, -0.2) is 42.3 Å². The highest BCUT2D eigenvalue weighted by Gasteiger charge is 2.27. The largest absolute Gasteiger partial charge is 0.388 e. The summed E-state index contributed by atoms with van der Waals surface area (Å²) in [6.07, 6.45) is 0.864. The van der Waals surface area contributed by atoms with Crippen LogP contribution in [0.2, 0.25) is 0 Å². The topological polar surface area (TPSA) is 64.6 Å². The maximum absolute atomic E-state index is 12.0. The lowest BCUT2D eigenvalue weighted by Gasteiger charge is -2.29. The van der Waals surface area contributed by atoms with Gasteiger partial charge in [-0.2, -0.15) is 0 Å². The van der Waals surface area contributed by atoms with E-state index in [-0.39, 0.29) is 18.5 Å². The van der Waals surface area contributed by atoms with Gasteiger partial charge in [-0.05, 0) is 44.6 Å². The first-order valence-corrected chi connectivity index (χ1v) is 7.75. The number of urea groups is 1. The van der Waals surface area contributed by atoms with Gasteiger partial charge in [-0.1, -0.05) is 32.4 Å². The fourth-order valence-corrected chi connectivity index (χ4v) is 2.16. The first kappa shape index (κ1) is 18.5. The number of hydrogen-bond acceptors (Lipinski definition) is 3. The van der Waals surface area contributed by atoms with Gasteiger partial charge in [0, 0.05) is 18.8 Å². The highest BCUT2D eigenvalue weighted by molar-refractivity contribution is 5.89. The van der Waals surface area contributed by atoms with E-state index in [2.05, 4.69) is 15.5 Å². The Morgan fingerprint density at radius 1 is 1.41 bits per heavy atom. The van der Waals surface area contributed by atoms with Gasteiger partial charge >= 0.3 is 6.03 Å². The van der Waals surface area contributed by atoms with Crippen LogP contribution in [0.1, 0.15) is 32.8 Å². The minimum Gasteiger partial charge on any atom is -0.388 e. The number of nitrogens with one attached hydrogen (secondary N) is 2. The molecule has 0 aliphatic rings. The van der Waals surface area contributed by atoms with Crippen molar-refractivity contribution in [1.82, 2.24) is 10.2 Å². The van der Waals surface area contributed by atoms with Crippen molar-refractivity contribution in [3.8, 4) is 0 Å². The van der Waals surface area contributed by atoms with E-state index in [1.165, 1.54) is 0 Å². The molecule has 2 atom stereocenters. The Morgan fingerprint density at radius 3 is 2.68 bits per heavy atom. The molecule has 0 spiro atoms. The summed E-state index contributed by atoms with van der Waals surface area (Å²) in [6, 6.07) is 7.45. The molecular formula is C17H29N3O2. The normalized spacial score (nSPS) is 15.2. The molecule has 22 heavy (non-hydrogen) atoms. The standard InChI is InChI=1S/C17H29N3O2/c1-6-13(2)17(3,22)12-18-16(21)19-15-9-7-8-14(10-15)11-20(4)5/h7-10,13,22H,6,11-12H2,1-5H3,(H2,18,19,21). The third-order valence-corrected chi connectivity index (χ3v) is 3.96. The lowest BCUT2D eigenvalue weighted by molar-refractivity contribution is 0.00827. The van der Waals surface area contributed by atoms with Crippen LogP contribution < -0.4 is 10.6 Å². The van der Waals surface area contributed by atoms with E-state index in [0.29, 0.717) is 0 Å². The van der Waals surface area contributed by atoms with Gasteiger partial charge in [0.15, 0.2) is 0 Å². The van der Waals surface area contributed by atoms with Gasteiger partial charge in [0.1, 0.15) is 0 Å². The Bertz CT molecular complexity index is 487. The molecule has 1 rings (SSSR count). The number of hydrogen-bond donors (Lipinski definition) is 3. The van der Waals surface area contributed by atoms with E-state index in [4.69, 9.17) is 0 Å². The van der Waals surface area contributed by atoms with Crippen molar-refractivity contribution < 1.29 is 9.90 Å². The minimum atomic E-state index is -0.904. The van der Waals surface area contributed by atoms with E-state index in [1.807, 2.05) is 52.2 Å². The fourth-order valence-electron chi connectivity index (χ4n) is 2.16. The third kappa shape index (κ3) is 6.03. The Labute approximate surface area is 133 Å². The number of benzene rings is 1. The zero-order valence-corrected chi connectivity index (χ0v) is 14.3. The van der Waals surface area contributed by atoms with Crippen molar-refractivity contribution in [2.45, 2.75) is 39.3 Å². The molecule has 1 aromatic rings. The molecule has 3 N–H and O–H groups in total. The number of aliphatic hydroxyl groups is 1. The number of anilines is 1. The maximum atomic E-state index is 12.0. The second kappa shape index (κ2) is 8.15. The molecule has 2 unspecified atom stereocenters. The summed E-state index contributed by atoms with van der Waals surface area (Å²) < 4.78 is 0. The summed E-state index contributed by atoms with van der Waals surface area (Å²) in [7, 11) is 4.01. The molecule has 5 heteroatoms.